The molecular weight excluding hydrogens is 422 g/mol. The molecule has 30 heavy (non-hydrogen) atoms. The lowest BCUT2D eigenvalue weighted by Crippen LogP contribution is -2.50. The first-order valence-corrected chi connectivity index (χ1v) is 11.8. The molecule has 1 amide bonds. The van der Waals surface area contributed by atoms with Crippen LogP contribution in [0.3, 0.4) is 0 Å². The summed E-state index contributed by atoms with van der Waals surface area (Å²) in [6.45, 7) is 10.2. The number of nitrogens with one attached hydrogen (secondary N) is 2. The summed E-state index contributed by atoms with van der Waals surface area (Å²) < 4.78 is 5.47. The summed E-state index contributed by atoms with van der Waals surface area (Å²) in [6.07, 6.45) is 0.809. The van der Waals surface area contributed by atoms with Crippen LogP contribution in [0.5, 0.6) is 0 Å². The van der Waals surface area contributed by atoms with Crippen LogP contribution in [0.15, 0.2) is 15.8 Å². The molecule has 162 valence electrons. The fourth-order valence-electron chi connectivity index (χ4n) is 3.10. The van der Waals surface area contributed by atoms with E-state index >= 15 is 0 Å². The van der Waals surface area contributed by atoms with Gasteiger partial charge < -0.3 is 25.2 Å². The number of aliphatic imine (C=N–C) groups is 1. The fourth-order valence-corrected chi connectivity index (χ4v) is 4.68. The predicted molar refractivity (Wildman–Crippen MR) is 122 cm³/mol. The highest BCUT2D eigenvalue weighted by atomic mass is 32.1. The molecule has 0 saturated carbocycles. The Morgan fingerprint density at radius 2 is 1.87 bits per heavy atom. The van der Waals surface area contributed by atoms with E-state index in [0.717, 1.165) is 60.2 Å². The van der Waals surface area contributed by atoms with Crippen molar-refractivity contribution in [3.8, 4) is 11.4 Å². The van der Waals surface area contributed by atoms with E-state index < -0.39 is 5.60 Å². The Hall–Kier alpha value is -2.40. The van der Waals surface area contributed by atoms with Crippen LogP contribution in [-0.4, -0.2) is 71.8 Å². The Balaban J connectivity index is 1.34. The van der Waals surface area contributed by atoms with Crippen molar-refractivity contribution in [3.63, 3.8) is 0 Å². The number of guanidine groups is 1. The smallest absolute Gasteiger partial charge is 0.410 e. The second-order valence-electron chi connectivity index (χ2n) is 8.14. The van der Waals surface area contributed by atoms with Crippen molar-refractivity contribution in [2.24, 2.45) is 4.99 Å². The number of thiazole rings is 2. The third-order valence-electron chi connectivity index (χ3n) is 4.58. The van der Waals surface area contributed by atoms with Crippen LogP contribution in [0.1, 0.15) is 27.2 Å². The van der Waals surface area contributed by atoms with Gasteiger partial charge in [-0.3, -0.25) is 4.99 Å². The molecule has 2 N–H and O–H groups in total. The summed E-state index contributed by atoms with van der Waals surface area (Å²) in [5.41, 5.74) is 1.25. The largest absolute Gasteiger partial charge is 0.444 e. The Morgan fingerprint density at radius 3 is 2.57 bits per heavy atom. The topological polar surface area (TPSA) is 95.0 Å². The highest BCUT2D eigenvalue weighted by Crippen LogP contribution is 2.30. The van der Waals surface area contributed by atoms with Crippen LogP contribution in [0.2, 0.25) is 0 Å². The van der Waals surface area contributed by atoms with Crippen molar-refractivity contribution >= 4 is 45.0 Å². The van der Waals surface area contributed by atoms with Gasteiger partial charge in [-0.15, -0.1) is 22.7 Å². The zero-order valence-corrected chi connectivity index (χ0v) is 19.1. The number of anilines is 2. The van der Waals surface area contributed by atoms with E-state index in [2.05, 4.69) is 25.5 Å². The SMILES string of the molecule is CC(C)(C)OC(=O)N1CCN(c2nc(-c3csc(NC4=NCCCN4)n3)cs2)CC1. The molecule has 0 spiro atoms. The molecule has 4 heterocycles. The van der Waals surface area contributed by atoms with Crippen LogP contribution in [0.25, 0.3) is 11.4 Å². The van der Waals surface area contributed by atoms with Crippen molar-refractivity contribution in [2.75, 3.05) is 49.5 Å². The first kappa shape index (κ1) is 20.9. The van der Waals surface area contributed by atoms with E-state index in [1.54, 1.807) is 27.6 Å². The highest BCUT2D eigenvalue weighted by molar-refractivity contribution is 7.15. The number of rotatable bonds is 3. The first-order chi connectivity index (χ1) is 14.4. The van der Waals surface area contributed by atoms with Crippen molar-refractivity contribution in [2.45, 2.75) is 32.8 Å². The fraction of sp³-hybridized carbons (Fsp3) is 0.579. The third kappa shape index (κ3) is 5.20. The monoisotopic (exact) mass is 449 g/mol. The van der Waals surface area contributed by atoms with Crippen LogP contribution >= 0.6 is 22.7 Å². The van der Waals surface area contributed by atoms with Gasteiger partial charge in [0.1, 0.15) is 17.0 Å². The Labute approximate surface area is 184 Å². The molecule has 0 aromatic carbocycles. The molecule has 1 saturated heterocycles. The van der Waals surface area contributed by atoms with Crippen LogP contribution < -0.4 is 15.5 Å². The molecule has 11 heteroatoms. The van der Waals surface area contributed by atoms with Gasteiger partial charge in [-0.05, 0) is 27.2 Å². The zero-order valence-electron chi connectivity index (χ0n) is 17.5. The molecule has 2 aromatic heterocycles. The van der Waals surface area contributed by atoms with Gasteiger partial charge >= 0.3 is 6.09 Å². The van der Waals surface area contributed by atoms with E-state index in [1.807, 2.05) is 31.5 Å². The molecule has 4 rings (SSSR count). The molecule has 1 fully saturated rings. The summed E-state index contributed by atoms with van der Waals surface area (Å²) in [5, 5.41) is 12.3. The lowest BCUT2D eigenvalue weighted by molar-refractivity contribution is 0.0240. The second-order valence-corrected chi connectivity index (χ2v) is 9.84. The third-order valence-corrected chi connectivity index (χ3v) is 6.24. The van der Waals surface area contributed by atoms with Gasteiger partial charge in [0.25, 0.3) is 0 Å². The Bertz CT molecular complexity index is 910. The average molecular weight is 450 g/mol. The number of piperazine rings is 1. The molecule has 0 bridgehead atoms. The van der Waals surface area contributed by atoms with E-state index in [-0.39, 0.29) is 6.09 Å². The normalized spacial score (nSPS) is 17.4. The molecule has 2 aromatic rings. The zero-order chi connectivity index (χ0) is 21.1. The van der Waals surface area contributed by atoms with E-state index in [0.29, 0.717) is 13.1 Å². The van der Waals surface area contributed by atoms with E-state index in [1.165, 1.54) is 0 Å². The van der Waals surface area contributed by atoms with Crippen molar-refractivity contribution in [1.82, 2.24) is 20.2 Å². The Kier molecular flexibility index (Phi) is 6.09. The summed E-state index contributed by atoms with van der Waals surface area (Å²) >= 11 is 3.14. The summed E-state index contributed by atoms with van der Waals surface area (Å²) in [4.78, 5) is 30.0. The lowest BCUT2D eigenvalue weighted by atomic mass is 10.2. The van der Waals surface area contributed by atoms with Gasteiger partial charge in [-0.2, -0.15) is 0 Å². The average Bonchev–Trinajstić information content (AvgIpc) is 3.37. The maximum atomic E-state index is 12.2. The number of nitrogens with zero attached hydrogens (tertiary/aromatic N) is 5. The van der Waals surface area contributed by atoms with Crippen molar-refractivity contribution in [3.05, 3.63) is 10.8 Å². The predicted octanol–water partition coefficient (Wildman–Crippen LogP) is 3.08. The minimum Gasteiger partial charge on any atom is -0.444 e. The second kappa shape index (κ2) is 8.76. The molecule has 2 aliphatic rings. The highest BCUT2D eigenvalue weighted by Gasteiger charge is 2.27. The summed E-state index contributed by atoms with van der Waals surface area (Å²) in [6, 6.07) is 0. The minimum atomic E-state index is -0.473. The quantitative estimate of drug-likeness (QED) is 0.743. The number of carbonyl (C=O) groups excluding carboxylic acids is 1. The van der Waals surface area contributed by atoms with Gasteiger partial charge in [0.05, 0.1) is 0 Å². The summed E-state index contributed by atoms with van der Waals surface area (Å²) in [7, 11) is 0. The molecular formula is C19H27N7O2S2. The maximum absolute atomic E-state index is 12.2. The number of hydrogen-bond donors (Lipinski definition) is 2. The van der Waals surface area contributed by atoms with Gasteiger partial charge in [0, 0.05) is 50.0 Å². The van der Waals surface area contributed by atoms with Gasteiger partial charge in [-0.25, -0.2) is 14.8 Å². The van der Waals surface area contributed by atoms with E-state index in [4.69, 9.17) is 9.72 Å². The Morgan fingerprint density at radius 1 is 1.13 bits per heavy atom. The van der Waals surface area contributed by atoms with Crippen molar-refractivity contribution in [1.29, 1.82) is 0 Å². The van der Waals surface area contributed by atoms with Crippen LogP contribution in [-0.2, 0) is 4.74 Å². The standard InChI is InChI=1S/C19H27N7O2S2/c1-19(2,3)28-18(27)26-9-7-25(8-10-26)17-23-14(12-30-17)13-11-29-16(22-13)24-15-20-5-4-6-21-15/h11-12H,4-10H2,1-3H3,(H2,20,21,22,24). The lowest BCUT2D eigenvalue weighted by Gasteiger charge is -2.35. The van der Waals surface area contributed by atoms with Crippen molar-refractivity contribution < 1.29 is 9.53 Å². The molecule has 2 aliphatic heterocycles. The number of ether oxygens (including phenoxy) is 1. The molecule has 0 unspecified atom stereocenters. The number of carbonyl (C=O) groups is 1. The summed E-state index contributed by atoms with van der Waals surface area (Å²) in [5.74, 6) is 0.781. The van der Waals surface area contributed by atoms with Crippen LogP contribution in [0.4, 0.5) is 15.1 Å². The van der Waals surface area contributed by atoms with Gasteiger partial charge in [0.2, 0.25) is 0 Å². The number of aromatic nitrogens is 2. The van der Waals surface area contributed by atoms with Crippen LogP contribution in [0, 0.1) is 0 Å². The molecule has 0 aliphatic carbocycles. The molecule has 0 radical (unpaired) electrons. The number of amides is 1. The van der Waals surface area contributed by atoms with Gasteiger partial charge in [0.15, 0.2) is 16.2 Å². The maximum Gasteiger partial charge on any atom is 0.410 e. The van der Waals surface area contributed by atoms with Gasteiger partial charge in [-0.1, -0.05) is 0 Å². The number of hydrogen-bond acceptors (Lipinski definition) is 10. The minimum absolute atomic E-state index is 0.249. The van der Waals surface area contributed by atoms with E-state index in [9.17, 15) is 4.79 Å². The molecule has 0 atom stereocenters. The molecule has 9 nitrogen and oxygen atoms in total. The first-order valence-electron chi connectivity index (χ1n) is 10.1.